The summed E-state index contributed by atoms with van der Waals surface area (Å²) in [6.45, 7) is 3.07. The van der Waals surface area contributed by atoms with Crippen molar-refractivity contribution in [3.63, 3.8) is 0 Å². The summed E-state index contributed by atoms with van der Waals surface area (Å²) >= 11 is 1.87. The third kappa shape index (κ3) is 3.24. The SMILES string of the molecule is CCCC1CCC(CN)C(Sc2nnc3ccccn23)C1. The molecule has 21 heavy (non-hydrogen) atoms. The summed E-state index contributed by atoms with van der Waals surface area (Å²) in [5, 5.41) is 10.2. The molecule has 0 spiro atoms. The Bertz CT molecular complexity index is 582. The van der Waals surface area contributed by atoms with Crippen LogP contribution in [0.5, 0.6) is 0 Å². The first-order chi connectivity index (χ1) is 10.3. The van der Waals surface area contributed by atoms with E-state index in [2.05, 4.69) is 21.5 Å². The Kier molecular flexibility index (Phi) is 4.80. The van der Waals surface area contributed by atoms with E-state index in [-0.39, 0.29) is 0 Å². The highest BCUT2D eigenvalue weighted by Gasteiger charge is 2.31. The monoisotopic (exact) mass is 304 g/mol. The lowest BCUT2D eigenvalue weighted by Gasteiger charge is -2.34. The van der Waals surface area contributed by atoms with E-state index in [4.69, 9.17) is 5.73 Å². The van der Waals surface area contributed by atoms with Gasteiger partial charge in [-0.15, -0.1) is 10.2 Å². The molecule has 2 heterocycles. The number of hydrogen-bond acceptors (Lipinski definition) is 4. The number of nitrogens with zero attached hydrogens (tertiary/aromatic N) is 3. The van der Waals surface area contributed by atoms with Crippen LogP contribution in [0.1, 0.15) is 39.0 Å². The van der Waals surface area contributed by atoms with Crippen LogP contribution in [-0.4, -0.2) is 26.4 Å². The molecule has 0 saturated heterocycles. The fourth-order valence-electron chi connectivity index (χ4n) is 3.39. The van der Waals surface area contributed by atoms with Crippen LogP contribution >= 0.6 is 11.8 Å². The van der Waals surface area contributed by atoms with Crippen molar-refractivity contribution in [3.05, 3.63) is 24.4 Å². The Balaban J connectivity index is 1.77. The molecule has 114 valence electrons. The van der Waals surface area contributed by atoms with Gasteiger partial charge in [0.1, 0.15) is 0 Å². The lowest BCUT2D eigenvalue weighted by Crippen LogP contribution is -2.32. The minimum atomic E-state index is 0.577. The number of nitrogens with two attached hydrogens (primary N) is 1. The Morgan fingerprint density at radius 2 is 2.24 bits per heavy atom. The summed E-state index contributed by atoms with van der Waals surface area (Å²) in [5.74, 6) is 1.47. The highest BCUT2D eigenvalue weighted by Crippen LogP contribution is 2.40. The van der Waals surface area contributed by atoms with Crippen LogP contribution in [0.4, 0.5) is 0 Å². The minimum Gasteiger partial charge on any atom is -0.330 e. The van der Waals surface area contributed by atoms with E-state index in [9.17, 15) is 0 Å². The van der Waals surface area contributed by atoms with Crippen LogP contribution in [0.2, 0.25) is 0 Å². The fourth-order valence-corrected chi connectivity index (χ4v) is 4.83. The van der Waals surface area contributed by atoms with E-state index in [0.29, 0.717) is 11.2 Å². The highest BCUT2D eigenvalue weighted by molar-refractivity contribution is 7.99. The molecule has 1 aliphatic rings. The maximum absolute atomic E-state index is 6.00. The smallest absolute Gasteiger partial charge is 0.195 e. The second-order valence-corrected chi connectivity index (χ2v) is 7.24. The molecule has 2 aromatic heterocycles. The van der Waals surface area contributed by atoms with Crippen molar-refractivity contribution < 1.29 is 0 Å². The molecule has 4 nitrogen and oxygen atoms in total. The van der Waals surface area contributed by atoms with Crippen molar-refractivity contribution >= 4 is 17.4 Å². The van der Waals surface area contributed by atoms with Gasteiger partial charge < -0.3 is 5.73 Å². The van der Waals surface area contributed by atoms with E-state index in [1.807, 2.05) is 36.2 Å². The zero-order valence-corrected chi connectivity index (χ0v) is 13.4. The molecule has 0 bridgehead atoms. The molecule has 1 fully saturated rings. The summed E-state index contributed by atoms with van der Waals surface area (Å²) in [6.07, 6.45) is 8.53. The van der Waals surface area contributed by atoms with Gasteiger partial charge in [-0.3, -0.25) is 4.40 Å². The zero-order chi connectivity index (χ0) is 14.7. The minimum absolute atomic E-state index is 0.577. The van der Waals surface area contributed by atoms with Crippen molar-refractivity contribution in [1.82, 2.24) is 14.6 Å². The van der Waals surface area contributed by atoms with Gasteiger partial charge in [0.2, 0.25) is 0 Å². The Morgan fingerprint density at radius 3 is 3.05 bits per heavy atom. The van der Waals surface area contributed by atoms with Gasteiger partial charge in [-0.2, -0.15) is 0 Å². The molecule has 0 radical (unpaired) electrons. The molecule has 1 saturated carbocycles. The lowest BCUT2D eigenvalue weighted by molar-refractivity contribution is 0.275. The average molecular weight is 304 g/mol. The molecule has 0 aliphatic heterocycles. The van der Waals surface area contributed by atoms with Crippen LogP contribution in [0.3, 0.4) is 0 Å². The molecule has 2 aromatic rings. The first-order valence-corrected chi connectivity index (χ1v) is 8.86. The maximum atomic E-state index is 6.00. The molecule has 5 heteroatoms. The normalized spacial score (nSPS) is 26.3. The van der Waals surface area contributed by atoms with E-state index >= 15 is 0 Å². The molecule has 0 aromatic carbocycles. The van der Waals surface area contributed by atoms with E-state index in [1.165, 1.54) is 32.1 Å². The Labute approximate surface area is 130 Å². The number of rotatable bonds is 5. The Morgan fingerprint density at radius 1 is 1.33 bits per heavy atom. The van der Waals surface area contributed by atoms with Gasteiger partial charge in [0, 0.05) is 11.4 Å². The molecule has 1 aliphatic carbocycles. The fraction of sp³-hybridized carbons (Fsp3) is 0.625. The van der Waals surface area contributed by atoms with Crippen LogP contribution in [-0.2, 0) is 0 Å². The lowest BCUT2D eigenvalue weighted by atomic mass is 9.80. The third-order valence-corrected chi connectivity index (χ3v) is 5.95. The summed E-state index contributed by atoms with van der Waals surface area (Å²) in [6, 6.07) is 6.03. The first kappa shape index (κ1) is 14.9. The van der Waals surface area contributed by atoms with E-state index < -0.39 is 0 Å². The number of pyridine rings is 1. The van der Waals surface area contributed by atoms with Crippen molar-refractivity contribution in [2.45, 2.75) is 49.4 Å². The van der Waals surface area contributed by atoms with E-state index in [0.717, 1.165) is 23.3 Å². The first-order valence-electron chi connectivity index (χ1n) is 7.98. The van der Waals surface area contributed by atoms with Gasteiger partial charge >= 0.3 is 0 Å². The second kappa shape index (κ2) is 6.79. The van der Waals surface area contributed by atoms with Gasteiger partial charge in [-0.05, 0) is 43.4 Å². The number of aromatic nitrogens is 3. The maximum Gasteiger partial charge on any atom is 0.195 e. The predicted molar refractivity (Wildman–Crippen MR) is 87.4 cm³/mol. The third-order valence-electron chi connectivity index (χ3n) is 4.58. The van der Waals surface area contributed by atoms with Crippen LogP contribution in [0.15, 0.2) is 29.6 Å². The Hall–Kier alpha value is -1.07. The van der Waals surface area contributed by atoms with Crippen molar-refractivity contribution in [3.8, 4) is 0 Å². The number of fused-ring (bicyclic) bond motifs is 1. The zero-order valence-electron chi connectivity index (χ0n) is 12.6. The van der Waals surface area contributed by atoms with Crippen LogP contribution < -0.4 is 5.73 Å². The van der Waals surface area contributed by atoms with Crippen molar-refractivity contribution in [1.29, 1.82) is 0 Å². The topological polar surface area (TPSA) is 56.2 Å². The predicted octanol–water partition coefficient (Wildman–Crippen LogP) is 3.37. The number of thioether (sulfide) groups is 1. The van der Waals surface area contributed by atoms with Gasteiger partial charge in [-0.25, -0.2) is 0 Å². The molecule has 3 atom stereocenters. The van der Waals surface area contributed by atoms with Crippen molar-refractivity contribution in [2.24, 2.45) is 17.6 Å². The highest BCUT2D eigenvalue weighted by atomic mass is 32.2. The molecular formula is C16H24N4S. The van der Waals surface area contributed by atoms with Crippen molar-refractivity contribution in [2.75, 3.05) is 6.54 Å². The van der Waals surface area contributed by atoms with Gasteiger partial charge in [-0.1, -0.05) is 44.0 Å². The standard InChI is InChI=1S/C16H24N4S/c1-2-5-12-7-8-13(11-17)14(10-12)21-16-19-18-15-6-3-4-9-20(15)16/h3-4,6,9,12-14H,2,5,7-8,10-11,17H2,1H3. The quantitative estimate of drug-likeness (QED) is 0.920. The van der Waals surface area contributed by atoms with Gasteiger partial charge in [0.15, 0.2) is 10.8 Å². The summed E-state index contributed by atoms with van der Waals surface area (Å²) in [7, 11) is 0. The van der Waals surface area contributed by atoms with Crippen LogP contribution in [0.25, 0.3) is 5.65 Å². The summed E-state index contributed by atoms with van der Waals surface area (Å²) < 4.78 is 2.08. The summed E-state index contributed by atoms with van der Waals surface area (Å²) in [4.78, 5) is 0. The van der Waals surface area contributed by atoms with Crippen LogP contribution in [0, 0.1) is 11.8 Å². The molecular weight excluding hydrogens is 280 g/mol. The van der Waals surface area contributed by atoms with E-state index in [1.54, 1.807) is 0 Å². The molecule has 3 rings (SSSR count). The summed E-state index contributed by atoms with van der Waals surface area (Å²) in [5.41, 5.74) is 6.92. The average Bonchev–Trinajstić information content (AvgIpc) is 2.91. The molecule has 2 N–H and O–H groups in total. The number of hydrogen-bond donors (Lipinski definition) is 1. The largest absolute Gasteiger partial charge is 0.330 e. The molecule has 0 amide bonds. The second-order valence-electron chi connectivity index (χ2n) is 6.03. The molecule has 3 unspecified atom stereocenters. The van der Waals surface area contributed by atoms with Gasteiger partial charge in [0.05, 0.1) is 0 Å². The van der Waals surface area contributed by atoms with Gasteiger partial charge in [0.25, 0.3) is 0 Å².